The zero-order valence-corrected chi connectivity index (χ0v) is 19.8. The summed E-state index contributed by atoms with van der Waals surface area (Å²) in [6, 6.07) is 0. The summed E-state index contributed by atoms with van der Waals surface area (Å²) < 4.78 is 0. The van der Waals surface area contributed by atoms with Gasteiger partial charge in [0.05, 0.1) is 34.5 Å². The van der Waals surface area contributed by atoms with Gasteiger partial charge in [-0.25, -0.2) is 15.0 Å². The normalized spacial score (nSPS) is 12.0. The number of aryl methyl sites for hydroxylation is 1. The summed E-state index contributed by atoms with van der Waals surface area (Å²) in [6.07, 6.45) is 0. The molecule has 2 aromatic heterocycles. The maximum atomic E-state index is 4.73. The summed E-state index contributed by atoms with van der Waals surface area (Å²) in [4.78, 5) is 16.1. The van der Waals surface area contributed by atoms with Gasteiger partial charge in [-0.05, 0) is 13.8 Å². The van der Waals surface area contributed by atoms with Crippen LogP contribution in [-0.2, 0) is 18.5 Å². The highest BCUT2D eigenvalue weighted by molar-refractivity contribution is 14.0. The number of hydrogen-bond donors (Lipinski definition) is 1. The lowest BCUT2D eigenvalue weighted by molar-refractivity contribution is 0.470. The Morgan fingerprint density at radius 1 is 1.20 bits per heavy atom. The predicted octanol–water partition coefficient (Wildman–Crippen LogP) is 4.42. The lowest BCUT2D eigenvalue weighted by Gasteiger charge is -2.21. The highest BCUT2D eigenvalue weighted by atomic mass is 127. The number of rotatable bonds is 5. The zero-order valence-electron chi connectivity index (χ0n) is 15.8. The number of hydrogen-bond acceptors (Lipinski definition) is 5. The molecule has 0 aliphatic rings. The molecule has 2 aromatic rings. The molecule has 0 atom stereocenters. The number of aromatic nitrogens is 2. The topological polar surface area (TPSA) is 53.4 Å². The molecule has 0 spiro atoms. The first kappa shape index (κ1) is 22.3. The van der Waals surface area contributed by atoms with Crippen molar-refractivity contribution in [2.45, 2.75) is 53.1 Å². The average Bonchev–Trinajstić information content (AvgIpc) is 3.12. The molecule has 0 saturated carbocycles. The monoisotopic (exact) mass is 493 g/mol. The van der Waals surface area contributed by atoms with Crippen molar-refractivity contribution in [3.8, 4) is 0 Å². The van der Waals surface area contributed by atoms with Gasteiger partial charge >= 0.3 is 0 Å². The van der Waals surface area contributed by atoms with Gasteiger partial charge in [0.1, 0.15) is 0 Å². The number of guanidine groups is 1. The molecule has 8 heteroatoms. The van der Waals surface area contributed by atoms with Crippen molar-refractivity contribution >= 4 is 52.6 Å². The van der Waals surface area contributed by atoms with Crippen LogP contribution in [0.3, 0.4) is 0 Å². The van der Waals surface area contributed by atoms with Crippen LogP contribution < -0.4 is 5.32 Å². The summed E-state index contributed by atoms with van der Waals surface area (Å²) in [5.74, 6) is 0.883. The van der Waals surface area contributed by atoms with E-state index in [-0.39, 0.29) is 29.4 Å². The molecule has 0 radical (unpaired) electrons. The van der Waals surface area contributed by atoms with E-state index in [1.807, 2.05) is 14.0 Å². The Balaban J connectivity index is 0.00000312. The molecule has 0 amide bonds. The number of thiazole rings is 2. The molecular weight excluding hydrogens is 465 g/mol. The van der Waals surface area contributed by atoms with Crippen molar-refractivity contribution in [3.63, 3.8) is 0 Å². The van der Waals surface area contributed by atoms with E-state index in [9.17, 15) is 0 Å². The maximum absolute atomic E-state index is 4.73. The largest absolute Gasteiger partial charge is 0.357 e. The lowest BCUT2D eigenvalue weighted by Crippen LogP contribution is -2.38. The molecule has 0 aromatic carbocycles. The Labute approximate surface area is 176 Å². The lowest BCUT2D eigenvalue weighted by atomic mass is 9.98. The van der Waals surface area contributed by atoms with Crippen LogP contribution in [-0.4, -0.2) is 34.4 Å². The van der Waals surface area contributed by atoms with Crippen LogP contribution in [0.1, 0.15) is 49.1 Å². The van der Waals surface area contributed by atoms with E-state index in [0.29, 0.717) is 6.54 Å². The average molecular weight is 493 g/mol. The van der Waals surface area contributed by atoms with Crippen LogP contribution in [0, 0.1) is 6.92 Å². The van der Waals surface area contributed by atoms with Crippen molar-refractivity contribution in [2.24, 2.45) is 4.99 Å². The fourth-order valence-corrected chi connectivity index (χ4v) is 3.65. The summed E-state index contributed by atoms with van der Waals surface area (Å²) in [7, 11) is 2.04. The first-order valence-corrected chi connectivity index (χ1v) is 9.91. The standard InChI is InChI=1S/C17H27N5S2.HI/c1-7-18-16(22(6)9-14-11-23-12(2)20-14)19-8-13-10-24-15(21-13)17(3,4)5;/h10-11H,7-9H2,1-6H3,(H,18,19);1H. The smallest absolute Gasteiger partial charge is 0.194 e. The van der Waals surface area contributed by atoms with Crippen LogP contribution in [0.2, 0.25) is 0 Å². The maximum Gasteiger partial charge on any atom is 0.194 e. The molecule has 2 heterocycles. The van der Waals surface area contributed by atoms with E-state index in [0.717, 1.165) is 40.5 Å². The van der Waals surface area contributed by atoms with Crippen LogP contribution in [0.5, 0.6) is 0 Å². The third-order valence-corrected chi connectivity index (χ3v) is 5.49. The Bertz CT molecular complexity index is 687. The Morgan fingerprint density at radius 2 is 1.88 bits per heavy atom. The highest BCUT2D eigenvalue weighted by Gasteiger charge is 2.18. The minimum atomic E-state index is 0. The van der Waals surface area contributed by atoms with Crippen molar-refractivity contribution in [2.75, 3.05) is 13.6 Å². The first-order chi connectivity index (χ1) is 11.3. The minimum absolute atomic E-state index is 0. The Kier molecular flexibility index (Phi) is 8.76. The number of aliphatic imine (C=N–C) groups is 1. The van der Waals surface area contributed by atoms with Crippen molar-refractivity contribution in [1.29, 1.82) is 0 Å². The van der Waals surface area contributed by atoms with Gasteiger partial charge in [-0.1, -0.05) is 20.8 Å². The van der Waals surface area contributed by atoms with Gasteiger partial charge < -0.3 is 10.2 Å². The second-order valence-corrected chi connectivity index (χ2v) is 8.70. The van der Waals surface area contributed by atoms with E-state index in [4.69, 9.17) is 9.98 Å². The fraction of sp³-hybridized carbons (Fsp3) is 0.588. The van der Waals surface area contributed by atoms with Gasteiger partial charge in [-0.3, -0.25) is 0 Å². The van der Waals surface area contributed by atoms with Crippen LogP contribution in [0.4, 0.5) is 0 Å². The van der Waals surface area contributed by atoms with E-state index in [1.54, 1.807) is 22.7 Å². The van der Waals surface area contributed by atoms with E-state index >= 15 is 0 Å². The summed E-state index contributed by atoms with van der Waals surface area (Å²) in [5.41, 5.74) is 2.20. The van der Waals surface area contributed by atoms with Gasteiger partial charge in [0, 0.05) is 29.8 Å². The molecule has 25 heavy (non-hydrogen) atoms. The Morgan fingerprint density at radius 3 is 2.40 bits per heavy atom. The number of nitrogens with one attached hydrogen (secondary N) is 1. The third-order valence-electron chi connectivity index (χ3n) is 3.35. The highest BCUT2D eigenvalue weighted by Crippen LogP contribution is 2.25. The summed E-state index contributed by atoms with van der Waals surface area (Å²) in [5, 5.41) is 9.81. The van der Waals surface area contributed by atoms with Gasteiger partial charge in [0.25, 0.3) is 0 Å². The van der Waals surface area contributed by atoms with Crippen LogP contribution in [0.15, 0.2) is 15.8 Å². The van der Waals surface area contributed by atoms with Gasteiger partial charge in [-0.2, -0.15) is 0 Å². The summed E-state index contributed by atoms with van der Waals surface area (Å²) >= 11 is 3.39. The molecule has 0 aliphatic heterocycles. The van der Waals surface area contributed by atoms with Gasteiger partial charge in [0.15, 0.2) is 5.96 Å². The van der Waals surface area contributed by atoms with Crippen molar-refractivity contribution in [3.05, 3.63) is 32.2 Å². The molecule has 5 nitrogen and oxygen atoms in total. The molecule has 140 valence electrons. The SMILES string of the molecule is CCNC(=NCc1csc(C(C)(C)C)n1)N(C)Cc1csc(C)n1.I. The molecule has 0 fully saturated rings. The third kappa shape index (κ3) is 6.82. The molecule has 0 saturated heterocycles. The van der Waals surface area contributed by atoms with Gasteiger partial charge in [0.2, 0.25) is 0 Å². The van der Waals surface area contributed by atoms with Crippen LogP contribution in [0.25, 0.3) is 0 Å². The molecule has 2 rings (SSSR count). The van der Waals surface area contributed by atoms with E-state index in [1.165, 1.54) is 0 Å². The first-order valence-electron chi connectivity index (χ1n) is 8.15. The summed E-state index contributed by atoms with van der Waals surface area (Å²) in [6.45, 7) is 12.9. The van der Waals surface area contributed by atoms with Crippen molar-refractivity contribution in [1.82, 2.24) is 20.2 Å². The molecule has 0 unspecified atom stereocenters. The number of nitrogens with zero attached hydrogens (tertiary/aromatic N) is 4. The predicted molar refractivity (Wildman–Crippen MR) is 119 cm³/mol. The minimum Gasteiger partial charge on any atom is -0.357 e. The van der Waals surface area contributed by atoms with E-state index < -0.39 is 0 Å². The molecule has 0 aliphatic carbocycles. The van der Waals surface area contributed by atoms with E-state index in [2.05, 4.69) is 53.7 Å². The van der Waals surface area contributed by atoms with Crippen LogP contribution >= 0.6 is 46.7 Å². The molecule has 0 bridgehead atoms. The second kappa shape index (κ2) is 9.82. The molecule has 1 N–H and O–H groups in total. The second-order valence-electron chi connectivity index (χ2n) is 6.78. The van der Waals surface area contributed by atoms with Crippen molar-refractivity contribution < 1.29 is 0 Å². The zero-order chi connectivity index (χ0) is 17.7. The quantitative estimate of drug-likeness (QED) is 0.381. The number of halogens is 1. The van der Waals surface area contributed by atoms with Gasteiger partial charge in [-0.15, -0.1) is 46.7 Å². The molecular formula is C17H28IN5S2. The fourth-order valence-electron chi connectivity index (χ4n) is 2.15. The Hall–Kier alpha value is -0.740.